The van der Waals surface area contributed by atoms with E-state index in [9.17, 15) is 41.9 Å². The summed E-state index contributed by atoms with van der Waals surface area (Å²) in [5.41, 5.74) is -0.273. The molecule has 20 heteroatoms. The number of aromatic nitrogens is 1. The van der Waals surface area contributed by atoms with Crippen molar-refractivity contribution in [3.8, 4) is 0 Å². The summed E-state index contributed by atoms with van der Waals surface area (Å²) >= 11 is 0. The maximum Gasteiger partial charge on any atom is 0.426 e. The minimum absolute atomic E-state index is 0.127. The lowest BCUT2D eigenvalue weighted by Crippen LogP contribution is -2.59. The Labute approximate surface area is 352 Å². The minimum atomic E-state index is -4.63. The second kappa shape index (κ2) is 20.8. The fourth-order valence-electron chi connectivity index (χ4n) is 5.25. The maximum atomic E-state index is 14.1. The first-order valence-electron chi connectivity index (χ1n) is 19.3. The molecule has 0 fully saturated rings. The number of carbonyl (C=O) groups is 6. The summed E-state index contributed by atoms with van der Waals surface area (Å²) in [6, 6.07) is 10.0. The molecule has 5 N–H and O–H groups in total. The third-order valence-corrected chi connectivity index (χ3v) is 7.81. The second-order valence-electron chi connectivity index (χ2n) is 16.7. The molecule has 0 saturated carbocycles. The number of fused-ring (bicyclic) bond motifs is 1. The highest BCUT2D eigenvalue weighted by Crippen LogP contribution is 2.29. The molecule has 0 aliphatic heterocycles. The molecule has 1 heterocycles. The molecule has 1 aromatic heterocycles. The molecule has 7 amide bonds. The summed E-state index contributed by atoms with van der Waals surface area (Å²) < 4.78 is 55.9. The van der Waals surface area contributed by atoms with Crippen LogP contribution in [0, 0.1) is 0 Å². The van der Waals surface area contributed by atoms with Crippen LogP contribution in [0.5, 0.6) is 0 Å². The van der Waals surface area contributed by atoms with Gasteiger partial charge in [0, 0.05) is 38.0 Å². The van der Waals surface area contributed by atoms with E-state index in [4.69, 9.17) is 14.2 Å². The molecule has 0 aliphatic carbocycles. The molecule has 3 rings (SSSR count). The van der Waals surface area contributed by atoms with Gasteiger partial charge in [0.15, 0.2) is 0 Å². The van der Waals surface area contributed by atoms with Crippen molar-refractivity contribution in [2.45, 2.75) is 97.8 Å². The number of para-hydroxylation sites is 1. The number of hydrogen-bond acceptors (Lipinski definition) is 10. The number of carbonyl (C=O) groups excluding carboxylic acids is 6. The smallest absolute Gasteiger partial charge is 0.426 e. The first-order valence-corrected chi connectivity index (χ1v) is 19.3. The predicted molar refractivity (Wildman–Crippen MR) is 219 cm³/mol. The Morgan fingerprint density at radius 1 is 0.721 bits per heavy atom. The summed E-state index contributed by atoms with van der Waals surface area (Å²) in [6.07, 6.45) is -6.25. The SMILES string of the molecule is CC(C)(C)OC(=O)NCCN(CCNC(=O)OC(C)(C)C)C(=O)CN(NC(=O)OC(C)(C)C)C(=O)N[C@@H](Cc1ccc(C(F)(F)F)cc1)C(=O)Nc1cnc2ccccc2c1. The van der Waals surface area contributed by atoms with E-state index in [0.717, 1.165) is 24.3 Å². The summed E-state index contributed by atoms with van der Waals surface area (Å²) in [5.74, 6) is -1.61. The summed E-state index contributed by atoms with van der Waals surface area (Å²) in [7, 11) is 0. The van der Waals surface area contributed by atoms with Gasteiger partial charge in [-0.05, 0) is 92.1 Å². The number of hydrogen-bond donors (Lipinski definition) is 5. The molecule has 334 valence electrons. The number of halogens is 3. The summed E-state index contributed by atoms with van der Waals surface area (Å²) in [5, 5.41) is 11.5. The number of anilines is 1. The third kappa shape index (κ3) is 18.2. The van der Waals surface area contributed by atoms with Gasteiger partial charge >= 0.3 is 30.5 Å². The van der Waals surface area contributed by atoms with Crippen molar-refractivity contribution in [3.63, 3.8) is 0 Å². The van der Waals surface area contributed by atoms with Gasteiger partial charge in [-0.25, -0.2) is 29.6 Å². The van der Waals surface area contributed by atoms with E-state index in [1.54, 1.807) is 92.6 Å². The number of benzene rings is 2. The maximum absolute atomic E-state index is 14.1. The Bertz CT molecular complexity index is 1980. The normalized spacial score (nSPS) is 12.3. The number of hydrazine groups is 1. The van der Waals surface area contributed by atoms with Gasteiger partial charge in [-0.1, -0.05) is 30.3 Å². The van der Waals surface area contributed by atoms with Crippen molar-refractivity contribution < 1.29 is 56.1 Å². The van der Waals surface area contributed by atoms with Crippen LogP contribution < -0.4 is 26.7 Å². The lowest BCUT2D eigenvalue weighted by molar-refractivity contribution is -0.137. The van der Waals surface area contributed by atoms with E-state index < -0.39 is 77.3 Å². The number of nitrogens with zero attached hydrogens (tertiary/aromatic N) is 3. The van der Waals surface area contributed by atoms with Crippen molar-refractivity contribution >= 4 is 52.7 Å². The van der Waals surface area contributed by atoms with Crippen LogP contribution in [-0.2, 0) is 36.4 Å². The van der Waals surface area contributed by atoms with E-state index in [2.05, 4.69) is 31.7 Å². The molecular weight excluding hydrogens is 805 g/mol. The zero-order chi connectivity index (χ0) is 45.8. The number of urea groups is 1. The molecule has 3 aromatic rings. The van der Waals surface area contributed by atoms with Gasteiger partial charge in [0.2, 0.25) is 11.8 Å². The number of ether oxygens (including phenoxy) is 3. The zero-order valence-electron chi connectivity index (χ0n) is 35.7. The van der Waals surface area contributed by atoms with Crippen molar-refractivity contribution in [2.24, 2.45) is 0 Å². The first kappa shape index (κ1) is 49.0. The molecular formula is C41H55F3N8O9. The lowest BCUT2D eigenvalue weighted by Gasteiger charge is -2.30. The molecule has 0 aliphatic rings. The Morgan fingerprint density at radius 3 is 1.77 bits per heavy atom. The summed E-state index contributed by atoms with van der Waals surface area (Å²) in [6.45, 7) is 13.2. The largest absolute Gasteiger partial charge is 0.444 e. The fourth-order valence-corrected chi connectivity index (χ4v) is 5.25. The van der Waals surface area contributed by atoms with Crippen LogP contribution in [0.1, 0.15) is 73.4 Å². The standard InChI is InChI=1S/C41H55F3N8O9/c1-38(2,3)59-35(56)45-18-20-51(21-19-46-36(57)60-39(4,5)6)32(53)25-52(50-37(58)61-40(7,8)9)34(55)49-31(22-26-14-16-28(17-15-26)41(42,43)44)33(54)48-29-23-27-12-10-11-13-30(27)47-24-29/h10-17,23-24,31H,18-22,25H2,1-9H3,(H,45,56)(H,46,57)(H,48,54)(H,49,55)(H,50,58)/t31-/m0/s1. The van der Waals surface area contributed by atoms with E-state index in [0.29, 0.717) is 15.9 Å². The van der Waals surface area contributed by atoms with E-state index in [-0.39, 0.29) is 43.9 Å². The predicted octanol–water partition coefficient (Wildman–Crippen LogP) is 6.13. The van der Waals surface area contributed by atoms with Gasteiger partial charge in [-0.2, -0.15) is 13.2 Å². The van der Waals surface area contributed by atoms with Crippen LogP contribution in [0.3, 0.4) is 0 Å². The number of alkyl carbamates (subject to hydrolysis) is 2. The Balaban J connectivity index is 1.93. The topological polar surface area (TPSA) is 210 Å². The number of nitrogens with one attached hydrogen (secondary N) is 5. The monoisotopic (exact) mass is 860 g/mol. The highest BCUT2D eigenvalue weighted by atomic mass is 19.4. The van der Waals surface area contributed by atoms with E-state index in [1.165, 1.54) is 11.1 Å². The molecule has 0 spiro atoms. The quantitative estimate of drug-likeness (QED) is 0.0981. The Morgan fingerprint density at radius 2 is 1.25 bits per heavy atom. The van der Waals surface area contributed by atoms with Gasteiger partial charge < -0.3 is 40.4 Å². The third-order valence-electron chi connectivity index (χ3n) is 7.81. The molecule has 0 bridgehead atoms. The molecule has 17 nitrogen and oxygen atoms in total. The van der Waals surface area contributed by atoms with Crippen molar-refractivity contribution in [1.82, 2.24) is 36.3 Å². The molecule has 0 unspecified atom stereocenters. The van der Waals surface area contributed by atoms with Gasteiger partial charge in [0.25, 0.3) is 0 Å². The molecule has 1 atom stereocenters. The average Bonchev–Trinajstić information content (AvgIpc) is 3.11. The van der Waals surface area contributed by atoms with Crippen LogP contribution in [0.2, 0.25) is 0 Å². The molecule has 2 aromatic carbocycles. The molecule has 0 saturated heterocycles. The van der Waals surface area contributed by atoms with Crippen LogP contribution in [0.4, 0.5) is 38.0 Å². The number of pyridine rings is 1. The molecule has 0 radical (unpaired) electrons. The zero-order valence-corrected chi connectivity index (χ0v) is 35.7. The van der Waals surface area contributed by atoms with Crippen molar-refractivity contribution in [3.05, 3.63) is 71.9 Å². The Kier molecular flexibility index (Phi) is 16.7. The highest BCUT2D eigenvalue weighted by Gasteiger charge is 2.32. The lowest BCUT2D eigenvalue weighted by atomic mass is 10.0. The number of rotatable bonds is 13. The number of amides is 7. The van der Waals surface area contributed by atoms with Gasteiger partial charge in [0.1, 0.15) is 29.4 Å². The van der Waals surface area contributed by atoms with Crippen molar-refractivity contribution in [2.75, 3.05) is 38.0 Å². The number of alkyl halides is 3. The Hall–Kier alpha value is -6.34. The summed E-state index contributed by atoms with van der Waals surface area (Å²) in [4.78, 5) is 85.1. The highest BCUT2D eigenvalue weighted by molar-refractivity contribution is 5.99. The fraction of sp³-hybridized carbons (Fsp3) is 0.488. The van der Waals surface area contributed by atoms with Crippen molar-refractivity contribution in [1.29, 1.82) is 0 Å². The van der Waals surface area contributed by atoms with Crippen LogP contribution in [0.25, 0.3) is 10.9 Å². The average molecular weight is 861 g/mol. The second-order valence-corrected chi connectivity index (χ2v) is 16.7. The van der Waals surface area contributed by atoms with E-state index in [1.807, 2.05) is 0 Å². The van der Waals surface area contributed by atoms with Crippen LogP contribution >= 0.6 is 0 Å². The van der Waals surface area contributed by atoms with Gasteiger partial charge in [-0.3, -0.25) is 14.6 Å². The van der Waals surface area contributed by atoms with Gasteiger partial charge in [0.05, 0.1) is 23.0 Å². The van der Waals surface area contributed by atoms with Crippen LogP contribution in [0.15, 0.2) is 60.8 Å². The molecule has 61 heavy (non-hydrogen) atoms. The minimum Gasteiger partial charge on any atom is -0.444 e. The first-order chi connectivity index (χ1) is 28.2. The van der Waals surface area contributed by atoms with Gasteiger partial charge in [-0.15, -0.1) is 0 Å². The van der Waals surface area contributed by atoms with Crippen LogP contribution in [-0.4, -0.2) is 107 Å². The van der Waals surface area contributed by atoms with E-state index >= 15 is 0 Å².